The molecule has 0 aliphatic heterocycles. The summed E-state index contributed by atoms with van der Waals surface area (Å²) in [6.07, 6.45) is 9.10. The van der Waals surface area contributed by atoms with Crippen LogP contribution in [0.15, 0.2) is 29.2 Å². The van der Waals surface area contributed by atoms with E-state index in [1.165, 1.54) is 57.7 Å². The molecule has 7 heteroatoms. The molecule has 5 rings (SSSR count). The van der Waals surface area contributed by atoms with Crippen LogP contribution in [0, 0.1) is 29.0 Å². The van der Waals surface area contributed by atoms with Crippen LogP contribution in [0.5, 0.6) is 0 Å². The Hall–Kier alpha value is -1.47. The van der Waals surface area contributed by atoms with Gasteiger partial charge in [0.25, 0.3) is 0 Å². The molecule has 1 aromatic carbocycles. The summed E-state index contributed by atoms with van der Waals surface area (Å²) in [6, 6.07) is 4.64. The first-order chi connectivity index (χ1) is 13.3. The van der Waals surface area contributed by atoms with Gasteiger partial charge in [0.1, 0.15) is 5.82 Å². The molecule has 28 heavy (non-hydrogen) atoms. The van der Waals surface area contributed by atoms with Crippen molar-refractivity contribution in [1.29, 1.82) is 0 Å². The number of amides is 1. The highest BCUT2D eigenvalue weighted by molar-refractivity contribution is 7.89. The average molecular weight is 409 g/mol. The molecule has 0 aromatic heterocycles. The van der Waals surface area contributed by atoms with Crippen molar-refractivity contribution in [3.05, 3.63) is 30.1 Å². The van der Waals surface area contributed by atoms with Gasteiger partial charge in [0.2, 0.25) is 15.9 Å². The van der Waals surface area contributed by atoms with Gasteiger partial charge in [-0.05, 0) is 92.4 Å². The van der Waals surface area contributed by atoms with E-state index in [0.717, 1.165) is 40.6 Å². The number of benzene rings is 1. The molecule has 0 spiro atoms. The van der Waals surface area contributed by atoms with Gasteiger partial charge in [-0.25, -0.2) is 12.8 Å². The summed E-state index contributed by atoms with van der Waals surface area (Å²) in [4.78, 5) is 12.3. The lowest BCUT2D eigenvalue weighted by molar-refractivity contribution is -0.121. The minimum Gasteiger partial charge on any atom is -0.355 e. The smallest absolute Gasteiger partial charge is 0.243 e. The van der Waals surface area contributed by atoms with Crippen molar-refractivity contribution in [2.24, 2.45) is 23.2 Å². The molecule has 0 heterocycles. The number of hydrogen-bond acceptors (Lipinski definition) is 3. The maximum Gasteiger partial charge on any atom is 0.243 e. The summed E-state index contributed by atoms with van der Waals surface area (Å²) >= 11 is 0. The van der Waals surface area contributed by atoms with E-state index in [9.17, 15) is 17.6 Å². The Morgan fingerprint density at radius 1 is 1.11 bits per heavy atom. The summed E-state index contributed by atoms with van der Waals surface area (Å²) in [5, 5.41) is 2.92. The molecule has 4 saturated carbocycles. The van der Waals surface area contributed by atoms with Crippen molar-refractivity contribution in [3.63, 3.8) is 0 Å². The number of sulfonamides is 1. The van der Waals surface area contributed by atoms with E-state index in [2.05, 4.69) is 5.32 Å². The van der Waals surface area contributed by atoms with E-state index in [0.29, 0.717) is 12.0 Å². The number of rotatable bonds is 7. The zero-order chi connectivity index (χ0) is 19.9. The molecule has 0 atom stereocenters. The quantitative estimate of drug-likeness (QED) is 0.754. The minimum absolute atomic E-state index is 0.0160. The van der Waals surface area contributed by atoms with Gasteiger partial charge >= 0.3 is 0 Å². The third kappa shape index (κ3) is 3.96. The van der Waals surface area contributed by atoms with Gasteiger partial charge in [-0.2, -0.15) is 4.31 Å². The van der Waals surface area contributed by atoms with Crippen molar-refractivity contribution < 1.29 is 17.6 Å². The van der Waals surface area contributed by atoms with E-state index in [-0.39, 0.29) is 17.3 Å². The molecule has 154 valence electrons. The first kappa shape index (κ1) is 19.8. The van der Waals surface area contributed by atoms with E-state index in [4.69, 9.17) is 0 Å². The molecule has 4 bridgehead atoms. The highest BCUT2D eigenvalue weighted by Gasteiger charge is 2.50. The van der Waals surface area contributed by atoms with Gasteiger partial charge in [0.05, 0.1) is 11.4 Å². The van der Waals surface area contributed by atoms with E-state index in [1.807, 2.05) is 0 Å². The lowest BCUT2D eigenvalue weighted by atomic mass is 9.49. The number of halogens is 1. The van der Waals surface area contributed by atoms with Crippen LogP contribution in [-0.2, 0) is 14.8 Å². The van der Waals surface area contributed by atoms with Crippen molar-refractivity contribution >= 4 is 15.9 Å². The number of carbonyl (C=O) groups is 1. The monoisotopic (exact) mass is 408 g/mol. The van der Waals surface area contributed by atoms with Crippen LogP contribution in [0.3, 0.4) is 0 Å². The summed E-state index contributed by atoms with van der Waals surface area (Å²) in [5.41, 5.74) is 0.397. The van der Waals surface area contributed by atoms with Crippen LogP contribution < -0.4 is 5.32 Å². The van der Waals surface area contributed by atoms with Crippen LogP contribution in [0.4, 0.5) is 4.39 Å². The van der Waals surface area contributed by atoms with E-state index in [1.54, 1.807) is 0 Å². The Balaban J connectivity index is 1.28. The normalized spacial score (nSPS) is 31.3. The van der Waals surface area contributed by atoms with Crippen molar-refractivity contribution in [3.8, 4) is 0 Å². The second kappa shape index (κ2) is 7.41. The number of likely N-dealkylation sites (N-methyl/N-ethyl adjacent to an activating group) is 1. The van der Waals surface area contributed by atoms with Gasteiger partial charge in [-0.15, -0.1) is 0 Å². The SMILES string of the molecule is CN(CC(=O)NCCC12CC3CC(CC(C3)C1)C2)S(=O)(=O)c1ccc(F)cc1. The summed E-state index contributed by atoms with van der Waals surface area (Å²) in [5.74, 6) is 1.86. The number of nitrogens with zero attached hydrogens (tertiary/aromatic N) is 1. The van der Waals surface area contributed by atoms with Gasteiger partial charge < -0.3 is 5.32 Å². The average Bonchev–Trinajstić information content (AvgIpc) is 2.60. The minimum atomic E-state index is -3.81. The fraction of sp³-hybridized carbons (Fsp3) is 0.667. The molecule has 1 N–H and O–H groups in total. The molecular weight excluding hydrogens is 379 g/mol. The fourth-order valence-electron chi connectivity index (χ4n) is 6.19. The number of hydrogen-bond donors (Lipinski definition) is 1. The van der Waals surface area contributed by atoms with Crippen molar-refractivity contribution in [2.45, 2.75) is 49.8 Å². The first-order valence-electron chi connectivity index (χ1n) is 10.2. The maximum atomic E-state index is 13.0. The third-order valence-electron chi connectivity index (χ3n) is 7.03. The van der Waals surface area contributed by atoms with Crippen molar-refractivity contribution in [2.75, 3.05) is 20.1 Å². The fourth-order valence-corrected chi connectivity index (χ4v) is 7.32. The highest BCUT2D eigenvalue weighted by Crippen LogP contribution is 2.61. The van der Waals surface area contributed by atoms with Gasteiger partial charge in [0, 0.05) is 13.6 Å². The van der Waals surface area contributed by atoms with Gasteiger partial charge in [-0.3, -0.25) is 4.79 Å². The Morgan fingerprint density at radius 3 is 2.18 bits per heavy atom. The Kier molecular flexibility index (Phi) is 5.25. The van der Waals surface area contributed by atoms with Gasteiger partial charge in [-0.1, -0.05) is 0 Å². The molecule has 0 unspecified atom stereocenters. The number of nitrogens with one attached hydrogen (secondary N) is 1. The Bertz CT molecular complexity index is 802. The second-order valence-electron chi connectivity index (χ2n) is 9.23. The predicted molar refractivity (Wildman–Crippen MR) is 104 cm³/mol. The molecule has 4 fully saturated rings. The van der Waals surface area contributed by atoms with Crippen LogP contribution in [0.25, 0.3) is 0 Å². The summed E-state index contributed by atoms with van der Waals surface area (Å²) < 4.78 is 39.0. The van der Waals surface area contributed by atoms with E-state index >= 15 is 0 Å². The molecule has 1 amide bonds. The summed E-state index contributed by atoms with van der Waals surface area (Å²) in [6.45, 7) is 0.371. The first-order valence-corrected chi connectivity index (χ1v) is 11.7. The molecule has 4 aliphatic carbocycles. The third-order valence-corrected chi connectivity index (χ3v) is 8.85. The highest BCUT2D eigenvalue weighted by atomic mass is 32.2. The maximum absolute atomic E-state index is 13.0. The molecular formula is C21H29FN2O3S. The van der Waals surface area contributed by atoms with Crippen LogP contribution in [0.2, 0.25) is 0 Å². The topological polar surface area (TPSA) is 66.5 Å². The Morgan fingerprint density at radius 2 is 1.64 bits per heavy atom. The zero-order valence-electron chi connectivity index (χ0n) is 16.4. The van der Waals surface area contributed by atoms with Crippen LogP contribution in [-0.4, -0.2) is 38.8 Å². The molecule has 0 radical (unpaired) electrons. The van der Waals surface area contributed by atoms with Crippen LogP contribution >= 0.6 is 0 Å². The number of carbonyl (C=O) groups excluding carboxylic acids is 1. The standard InChI is InChI=1S/C21H29FN2O3S/c1-24(28(26,27)19-4-2-18(22)3-5-19)14-20(25)23-7-6-21-11-15-8-16(12-21)10-17(9-15)13-21/h2-5,15-17H,6-14H2,1H3,(H,23,25). The lowest BCUT2D eigenvalue weighted by Gasteiger charge is -2.57. The van der Waals surface area contributed by atoms with E-state index < -0.39 is 15.8 Å². The Labute approximate surface area is 166 Å². The predicted octanol–water partition coefficient (Wildman–Crippen LogP) is 3.17. The molecule has 0 saturated heterocycles. The largest absolute Gasteiger partial charge is 0.355 e. The van der Waals surface area contributed by atoms with Crippen LogP contribution in [0.1, 0.15) is 44.9 Å². The second-order valence-corrected chi connectivity index (χ2v) is 11.3. The van der Waals surface area contributed by atoms with Crippen molar-refractivity contribution in [1.82, 2.24) is 9.62 Å². The lowest BCUT2D eigenvalue weighted by Crippen LogP contribution is -2.47. The zero-order valence-corrected chi connectivity index (χ0v) is 17.2. The van der Waals surface area contributed by atoms with Gasteiger partial charge in [0.15, 0.2) is 0 Å². The molecule has 5 nitrogen and oxygen atoms in total. The summed E-state index contributed by atoms with van der Waals surface area (Å²) in [7, 11) is -2.43. The molecule has 4 aliphatic rings. The molecule has 1 aromatic rings.